The number of allylic oxidation sites excluding steroid dienone is 4. The number of carbonyl (C=O) groups excluding carboxylic acids is 2. The maximum Gasteiger partial charge on any atom is 0.469 e. The predicted octanol–water partition coefficient (Wildman–Crippen LogP) is 11.1. The Bertz CT molecular complexity index is 1080. The van der Waals surface area contributed by atoms with Gasteiger partial charge >= 0.3 is 27.6 Å². The smallest absolute Gasteiger partial charge is 0.463 e. The van der Waals surface area contributed by atoms with Crippen LogP contribution in [0, 0.1) is 0 Å². The highest BCUT2D eigenvalue weighted by molar-refractivity contribution is 7.46. The van der Waals surface area contributed by atoms with Crippen LogP contribution in [0.2, 0.25) is 0 Å². The van der Waals surface area contributed by atoms with Gasteiger partial charge in [-0.1, -0.05) is 174 Å². The first-order valence-electron chi connectivity index (χ1n) is 23.0. The van der Waals surface area contributed by atoms with Crippen molar-refractivity contribution in [2.24, 2.45) is 0 Å². The third kappa shape index (κ3) is 60.9. The zero-order chi connectivity index (χ0) is 45.6. The van der Waals surface area contributed by atoms with Crippen molar-refractivity contribution in [1.29, 1.82) is 0 Å². The number of aliphatic hydroxyl groups is 2. The topological polar surface area (TPSA) is 227 Å². The summed E-state index contributed by atoms with van der Waals surface area (Å²) in [5.41, 5.74) is 0. The number of phosphoric ester groups is 2. The van der Waals surface area contributed by atoms with E-state index in [-0.39, 0.29) is 19.6 Å². The molecule has 358 valence electrons. The largest absolute Gasteiger partial charge is 0.469 e. The van der Waals surface area contributed by atoms with Crippen molar-refractivity contribution in [3.63, 3.8) is 0 Å². The third-order valence-corrected chi connectivity index (χ3v) is 9.99. The molecule has 14 nitrogen and oxygen atoms in total. The molecule has 0 aromatic rings. The highest BCUT2D eigenvalue weighted by Crippen LogP contribution is 2.36. The van der Waals surface area contributed by atoms with Crippen LogP contribution in [0.4, 0.5) is 0 Å². The van der Waals surface area contributed by atoms with Crippen LogP contribution in [0.25, 0.3) is 0 Å². The van der Waals surface area contributed by atoms with Crippen LogP contribution in [0.1, 0.15) is 207 Å². The number of rotatable bonds is 39. The molecule has 0 rings (SSSR count). The maximum atomic E-state index is 11.5. The Hall–Kier alpha value is -1.44. The summed E-state index contributed by atoms with van der Waals surface area (Å²) in [5.74, 6) is -0.843. The van der Waals surface area contributed by atoms with Crippen LogP contribution < -0.4 is 0 Å². The van der Waals surface area contributed by atoms with Crippen molar-refractivity contribution in [2.45, 2.75) is 220 Å². The van der Waals surface area contributed by atoms with E-state index in [1.807, 2.05) is 0 Å². The van der Waals surface area contributed by atoms with E-state index >= 15 is 0 Å². The van der Waals surface area contributed by atoms with Crippen molar-refractivity contribution in [3.8, 4) is 0 Å². The molecular formula is C44H88O14P2. The second kappa shape index (κ2) is 47.0. The molecule has 0 amide bonds. The van der Waals surface area contributed by atoms with Crippen LogP contribution >= 0.6 is 15.6 Å². The van der Waals surface area contributed by atoms with Crippen LogP contribution in [0.5, 0.6) is 0 Å². The Morgan fingerprint density at radius 3 is 1.05 bits per heavy atom. The number of phosphoric acid groups is 2. The van der Waals surface area contributed by atoms with Gasteiger partial charge in [0.1, 0.15) is 25.4 Å². The third-order valence-electron chi connectivity index (χ3n) is 9.02. The van der Waals surface area contributed by atoms with Crippen molar-refractivity contribution in [2.75, 3.05) is 26.4 Å². The minimum atomic E-state index is -4.62. The van der Waals surface area contributed by atoms with E-state index in [1.165, 1.54) is 103 Å². The molecule has 0 spiro atoms. The maximum absolute atomic E-state index is 11.5. The molecule has 0 saturated heterocycles. The second-order valence-electron chi connectivity index (χ2n) is 15.2. The monoisotopic (exact) mass is 903 g/mol. The van der Waals surface area contributed by atoms with Gasteiger partial charge in [-0.25, -0.2) is 9.13 Å². The predicted molar refractivity (Wildman–Crippen MR) is 240 cm³/mol. The van der Waals surface area contributed by atoms with Gasteiger partial charge in [0.2, 0.25) is 0 Å². The minimum Gasteiger partial charge on any atom is -0.463 e. The molecule has 2 atom stereocenters. The van der Waals surface area contributed by atoms with Crippen LogP contribution in [0.3, 0.4) is 0 Å². The van der Waals surface area contributed by atoms with Gasteiger partial charge < -0.3 is 39.3 Å². The molecule has 0 bridgehead atoms. The molecule has 0 saturated carbocycles. The summed E-state index contributed by atoms with van der Waals surface area (Å²) in [4.78, 5) is 56.8. The van der Waals surface area contributed by atoms with Gasteiger partial charge in [-0.05, 0) is 44.9 Å². The van der Waals surface area contributed by atoms with Crippen molar-refractivity contribution in [3.05, 3.63) is 24.3 Å². The molecule has 0 radical (unpaired) electrons. The van der Waals surface area contributed by atoms with Crippen LogP contribution in [-0.4, -0.2) is 80.4 Å². The summed E-state index contributed by atoms with van der Waals surface area (Å²) in [6, 6.07) is 0. The summed E-state index contributed by atoms with van der Waals surface area (Å²) in [6.45, 7) is 7.10. The molecular weight excluding hydrogens is 814 g/mol. The zero-order valence-corrected chi connectivity index (χ0v) is 39.7. The summed E-state index contributed by atoms with van der Waals surface area (Å²) in [5, 5.41) is 18.7. The highest BCUT2D eigenvalue weighted by Gasteiger charge is 2.19. The van der Waals surface area contributed by atoms with Crippen molar-refractivity contribution >= 4 is 27.6 Å². The fourth-order valence-corrected chi connectivity index (χ4v) is 6.23. The Kier molecular flexibility index (Phi) is 49.3. The van der Waals surface area contributed by atoms with Gasteiger partial charge in [0.15, 0.2) is 0 Å². The first-order chi connectivity index (χ1) is 28.6. The number of unbranched alkanes of at least 4 members (excludes halogenated alkanes) is 21. The molecule has 0 aliphatic carbocycles. The second-order valence-corrected chi connectivity index (χ2v) is 17.7. The Balaban J connectivity index is -0.000000910. The van der Waals surface area contributed by atoms with Gasteiger partial charge in [-0.2, -0.15) is 0 Å². The molecule has 0 unspecified atom stereocenters. The van der Waals surface area contributed by atoms with Gasteiger partial charge in [0.25, 0.3) is 0 Å². The van der Waals surface area contributed by atoms with Crippen molar-refractivity contribution in [1.82, 2.24) is 0 Å². The number of hydrogen-bond donors (Lipinski definition) is 6. The van der Waals surface area contributed by atoms with E-state index in [0.29, 0.717) is 6.42 Å². The lowest BCUT2D eigenvalue weighted by molar-refractivity contribution is -0.148. The molecule has 0 aliphatic heterocycles. The number of aliphatic hydroxyl groups excluding tert-OH is 2. The Morgan fingerprint density at radius 1 is 0.433 bits per heavy atom. The summed E-state index contributed by atoms with van der Waals surface area (Å²) < 4.78 is 38.8. The SMILES string of the molecule is CCCCC/C=C\C/C=C\CCCCCCCC(=O)OC[C@@H](O)COP(=O)(O)O.CCCCCCCCCC.CCCCCCCCCC(=O)OC[C@@H](O)COP(=O)(O)O. The zero-order valence-electron chi connectivity index (χ0n) is 37.9. The molecule has 60 heavy (non-hydrogen) atoms. The minimum absolute atomic E-state index is 0.274. The van der Waals surface area contributed by atoms with Gasteiger partial charge in [0, 0.05) is 12.8 Å². The fraction of sp³-hybridized carbons (Fsp3) is 0.864. The first-order valence-corrected chi connectivity index (χ1v) is 26.0. The summed E-state index contributed by atoms with van der Waals surface area (Å²) in [6.07, 6.45) is 38.3. The lowest BCUT2D eigenvalue weighted by atomic mass is 10.1. The fourth-order valence-electron chi connectivity index (χ4n) is 5.50. The molecule has 16 heteroatoms. The van der Waals surface area contributed by atoms with E-state index in [2.05, 4.69) is 61.0 Å². The standard InChI is InChI=1S/C21H39O7P.C13H27O7P.C10H22/c1-2-3-4-5-6-7-8-9-10-11-12-13-14-15-16-17-21(23)27-18-20(22)19-28-29(24,25)26;1-2-3-4-5-6-7-8-9-13(15)19-10-12(14)11-20-21(16,17)18;1-3-5-7-9-10-8-6-4-2/h6-7,9-10,20,22H,2-5,8,11-19H2,1H3,(H2,24,25,26);12,14H,2-11H2,1H3,(H2,16,17,18);3-10H2,1-2H3/b7-6-,10-9-;;/t20-;12-;/m11./s1. The van der Waals surface area contributed by atoms with Crippen LogP contribution in [0.15, 0.2) is 24.3 Å². The average molecular weight is 903 g/mol. The first kappa shape index (κ1) is 62.9. The molecule has 6 N–H and O–H groups in total. The lowest BCUT2D eigenvalue weighted by Crippen LogP contribution is -2.23. The lowest BCUT2D eigenvalue weighted by Gasteiger charge is -2.12. The van der Waals surface area contributed by atoms with Gasteiger partial charge in [-0.15, -0.1) is 0 Å². The number of carbonyl (C=O) groups is 2. The van der Waals surface area contributed by atoms with Crippen molar-refractivity contribution < 1.29 is 67.0 Å². The molecule has 0 heterocycles. The normalized spacial score (nSPS) is 12.8. The molecule has 0 aliphatic rings. The van der Waals surface area contributed by atoms with Crippen LogP contribution in [-0.2, 0) is 37.2 Å². The Morgan fingerprint density at radius 2 is 0.717 bits per heavy atom. The van der Waals surface area contributed by atoms with E-state index in [9.17, 15) is 28.9 Å². The molecule has 0 fully saturated rings. The molecule has 0 aromatic heterocycles. The van der Waals surface area contributed by atoms with Gasteiger partial charge in [0.05, 0.1) is 13.2 Å². The van der Waals surface area contributed by atoms with E-state index in [0.717, 1.165) is 64.2 Å². The van der Waals surface area contributed by atoms with E-state index in [4.69, 9.17) is 29.0 Å². The highest BCUT2D eigenvalue weighted by atomic mass is 31.2. The number of esters is 2. The van der Waals surface area contributed by atoms with Gasteiger partial charge in [-0.3, -0.25) is 18.6 Å². The van der Waals surface area contributed by atoms with E-state index < -0.39 is 53.0 Å². The molecule has 0 aromatic carbocycles. The number of hydrogen-bond acceptors (Lipinski definition) is 10. The number of ether oxygens (including phenoxy) is 2. The Labute approximate surface area is 364 Å². The van der Waals surface area contributed by atoms with E-state index in [1.54, 1.807) is 0 Å². The quantitative estimate of drug-likeness (QED) is 0.0146. The summed E-state index contributed by atoms with van der Waals surface area (Å²) >= 11 is 0. The summed E-state index contributed by atoms with van der Waals surface area (Å²) in [7, 11) is -9.22. The average Bonchev–Trinajstić information content (AvgIpc) is 3.20.